The molecule has 4 nitrogen and oxygen atoms in total. The van der Waals surface area contributed by atoms with E-state index in [1.807, 2.05) is 24.8 Å². The third kappa shape index (κ3) is 2.53. The van der Waals surface area contributed by atoms with E-state index in [0.29, 0.717) is 0 Å². The maximum atomic E-state index is 4.22. The summed E-state index contributed by atoms with van der Waals surface area (Å²) in [7, 11) is 0. The van der Waals surface area contributed by atoms with E-state index >= 15 is 0 Å². The third-order valence-electron chi connectivity index (χ3n) is 3.03. The van der Waals surface area contributed by atoms with Crippen molar-refractivity contribution < 1.29 is 0 Å². The quantitative estimate of drug-likeness (QED) is 0.847. The van der Waals surface area contributed by atoms with Gasteiger partial charge < -0.3 is 9.88 Å². The van der Waals surface area contributed by atoms with Gasteiger partial charge in [-0.05, 0) is 25.0 Å². The molecule has 0 aliphatic heterocycles. The summed E-state index contributed by atoms with van der Waals surface area (Å²) in [5, 5.41) is 3.51. The van der Waals surface area contributed by atoms with Crippen LogP contribution in [0.1, 0.15) is 12.8 Å². The Hall–Kier alpha value is -1.68. The van der Waals surface area contributed by atoms with E-state index in [4.69, 9.17) is 0 Å². The standard InChI is InChI=1S/C13H16N4/c1-2-11(8-14-5-1)13-9-15-10-17(13)7-6-16-12-3-4-12/h1-2,5,8-10,12,16H,3-4,6-7H2. The highest BCUT2D eigenvalue weighted by atomic mass is 15.1. The van der Waals surface area contributed by atoms with Crippen LogP contribution in [0.2, 0.25) is 0 Å². The monoisotopic (exact) mass is 228 g/mol. The number of nitrogens with one attached hydrogen (secondary N) is 1. The van der Waals surface area contributed by atoms with Crippen LogP contribution in [0, 0.1) is 0 Å². The molecule has 3 rings (SSSR count). The number of imidazole rings is 1. The first-order chi connectivity index (χ1) is 8.43. The van der Waals surface area contributed by atoms with Gasteiger partial charge in [-0.1, -0.05) is 0 Å². The van der Waals surface area contributed by atoms with Crippen LogP contribution in [0.4, 0.5) is 0 Å². The zero-order valence-corrected chi connectivity index (χ0v) is 9.71. The number of aromatic nitrogens is 3. The van der Waals surface area contributed by atoms with Crippen LogP contribution >= 0.6 is 0 Å². The molecule has 4 heteroatoms. The first-order valence-electron chi connectivity index (χ1n) is 6.07. The second kappa shape index (κ2) is 4.67. The molecule has 0 bridgehead atoms. The Bertz CT molecular complexity index is 473. The fourth-order valence-electron chi connectivity index (χ4n) is 1.93. The van der Waals surface area contributed by atoms with Crippen LogP contribution in [-0.2, 0) is 6.54 Å². The van der Waals surface area contributed by atoms with Gasteiger partial charge in [-0.25, -0.2) is 4.98 Å². The summed E-state index contributed by atoms with van der Waals surface area (Å²) in [4.78, 5) is 8.36. The lowest BCUT2D eigenvalue weighted by Crippen LogP contribution is -2.21. The highest BCUT2D eigenvalue weighted by Crippen LogP contribution is 2.19. The van der Waals surface area contributed by atoms with Gasteiger partial charge in [-0.2, -0.15) is 0 Å². The van der Waals surface area contributed by atoms with E-state index in [-0.39, 0.29) is 0 Å². The molecule has 2 heterocycles. The lowest BCUT2D eigenvalue weighted by atomic mass is 10.2. The SMILES string of the molecule is c1cncc(-c2cncn2CCNC2CC2)c1. The van der Waals surface area contributed by atoms with Crippen LogP contribution in [0.3, 0.4) is 0 Å². The van der Waals surface area contributed by atoms with Gasteiger partial charge in [0.25, 0.3) is 0 Å². The molecular formula is C13H16N4. The van der Waals surface area contributed by atoms with Gasteiger partial charge in [-0.3, -0.25) is 4.98 Å². The summed E-state index contributed by atoms with van der Waals surface area (Å²) in [6, 6.07) is 4.78. The highest BCUT2D eigenvalue weighted by Gasteiger charge is 2.19. The Kier molecular flexibility index (Phi) is 2.88. The summed E-state index contributed by atoms with van der Waals surface area (Å²) in [6.07, 6.45) is 10.1. The molecule has 1 aliphatic rings. The predicted octanol–water partition coefficient (Wildman–Crippen LogP) is 1.70. The van der Waals surface area contributed by atoms with Gasteiger partial charge in [0.05, 0.1) is 18.2 Å². The molecular weight excluding hydrogens is 212 g/mol. The first kappa shape index (κ1) is 10.5. The second-order valence-electron chi connectivity index (χ2n) is 4.44. The molecule has 2 aromatic rings. The van der Waals surface area contributed by atoms with Gasteiger partial charge in [0.1, 0.15) is 0 Å². The molecule has 0 radical (unpaired) electrons. The topological polar surface area (TPSA) is 42.7 Å². The summed E-state index contributed by atoms with van der Waals surface area (Å²) >= 11 is 0. The predicted molar refractivity (Wildman–Crippen MR) is 66.5 cm³/mol. The van der Waals surface area contributed by atoms with Crippen LogP contribution in [-0.4, -0.2) is 27.1 Å². The van der Waals surface area contributed by atoms with Gasteiger partial charge in [-0.15, -0.1) is 0 Å². The molecule has 17 heavy (non-hydrogen) atoms. The molecule has 88 valence electrons. The van der Waals surface area contributed by atoms with Crippen molar-refractivity contribution in [2.45, 2.75) is 25.4 Å². The Morgan fingerprint density at radius 3 is 3.00 bits per heavy atom. The van der Waals surface area contributed by atoms with Crippen molar-refractivity contribution in [2.75, 3.05) is 6.54 Å². The van der Waals surface area contributed by atoms with Gasteiger partial charge in [0, 0.05) is 37.1 Å². The fraction of sp³-hybridized carbons (Fsp3) is 0.385. The number of nitrogens with zero attached hydrogens (tertiary/aromatic N) is 3. The van der Waals surface area contributed by atoms with Gasteiger partial charge in [0.2, 0.25) is 0 Å². The second-order valence-corrected chi connectivity index (χ2v) is 4.44. The number of pyridine rings is 1. The minimum Gasteiger partial charge on any atom is -0.329 e. The third-order valence-corrected chi connectivity index (χ3v) is 3.03. The molecule has 0 atom stereocenters. The summed E-state index contributed by atoms with van der Waals surface area (Å²) in [5.74, 6) is 0. The lowest BCUT2D eigenvalue weighted by Gasteiger charge is -2.08. The van der Waals surface area contributed by atoms with E-state index in [2.05, 4.69) is 25.9 Å². The van der Waals surface area contributed by atoms with Crippen molar-refractivity contribution in [1.29, 1.82) is 0 Å². The Morgan fingerprint density at radius 1 is 1.29 bits per heavy atom. The smallest absolute Gasteiger partial charge is 0.0951 e. The van der Waals surface area contributed by atoms with Gasteiger partial charge >= 0.3 is 0 Å². The highest BCUT2D eigenvalue weighted by molar-refractivity contribution is 5.57. The Labute approximate surface area is 101 Å². The molecule has 2 aromatic heterocycles. The zero-order valence-electron chi connectivity index (χ0n) is 9.71. The molecule has 1 saturated carbocycles. The number of hydrogen-bond donors (Lipinski definition) is 1. The largest absolute Gasteiger partial charge is 0.329 e. The van der Waals surface area contributed by atoms with E-state index in [1.165, 1.54) is 12.8 Å². The molecule has 0 aromatic carbocycles. The minimum atomic E-state index is 0.764. The average molecular weight is 228 g/mol. The Balaban J connectivity index is 1.70. The molecule has 1 aliphatic carbocycles. The minimum absolute atomic E-state index is 0.764. The van der Waals surface area contributed by atoms with Crippen LogP contribution in [0.15, 0.2) is 37.1 Å². The molecule has 0 saturated heterocycles. The van der Waals surface area contributed by atoms with Crippen molar-refractivity contribution in [3.8, 4) is 11.3 Å². The van der Waals surface area contributed by atoms with E-state index < -0.39 is 0 Å². The maximum absolute atomic E-state index is 4.22. The molecule has 0 spiro atoms. The average Bonchev–Trinajstić information content (AvgIpc) is 3.07. The molecule has 0 amide bonds. The normalized spacial score (nSPS) is 15.1. The zero-order chi connectivity index (χ0) is 11.5. The Morgan fingerprint density at radius 2 is 2.24 bits per heavy atom. The van der Waals surface area contributed by atoms with Gasteiger partial charge in [0.15, 0.2) is 0 Å². The van der Waals surface area contributed by atoms with Crippen molar-refractivity contribution in [3.63, 3.8) is 0 Å². The number of rotatable bonds is 5. The molecule has 1 fully saturated rings. The van der Waals surface area contributed by atoms with Crippen molar-refractivity contribution in [1.82, 2.24) is 19.9 Å². The first-order valence-corrected chi connectivity index (χ1v) is 6.07. The van der Waals surface area contributed by atoms with Crippen molar-refractivity contribution in [3.05, 3.63) is 37.1 Å². The van der Waals surface area contributed by atoms with Crippen LogP contribution < -0.4 is 5.32 Å². The van der Waals surface area contributed by atoms with E-state index in [0.717, 1.165) is 30.4 Å². The summed E-state index contributed by atoms with van der Waals surface area (Å²) in [5.41, 5.74) is 2.26. The lowest BCUT2D eigenvalue weighted by molar-refractivity contribution is 0.598. The maximum Gasteiger partial charge on any atom is 0.0951 e. The number of hydrogen-bond acceptors (Lipinski definition) is 3. The van der Waals surface area contributed by atoms with Crippen LogP contribution in [0.5, 0.6) is 0 Å². The van der Waals surface area contributed by atoms with Crippen molar-refractivity contribution >= 4 is 0 Å². The molecule has 1 N–H and O–H groups in total. The van der Waals surface area contributed by atoms with E-state index in [1.54, 1.807) is 6.20 Å². The van der Waals surface area contributed by atoms with Crippen molar-refractivity contribution in [2.24, 2.45) is 0 Å². The van der Waals surface area contributed by atoms with Crippen LogP contribution in [0.25, 0.3) is 11.3 Å². The summed E-state index contributed by atoms with van der Waals surface area (Å²) in [6.45, 7) is 1.97. The van der Waals surface area contributed by atoms with E-state index in [9.17, 15) is 0 Å². The fourth-order valence-corrected chi connectivity index (χ4v) is 1.93. The molecule has 0 unspecified atom stereocenters. The summed E-state index contributed by atoms with van der Waals surface area (Å²) < 4.78 is 2.17.